The quantitative estimate of drug-likeness (QED) is 0.221. The van der Waals surface area contributed by atoms with E-state index in [0.29, 0.717) is 40.7 Å². The van der Waals surface area contributed by atoms with Gasteiger partial charge in [-0.3, -0.25) is 14.9 Å². The van der Waals surface area contributed by atoms with E-state index in [2.05, 4.69) is 41.9 Å². The molecule has 9 nitrogen and oxygen atoms in total. The molecule has 194 valence electrons. The first kappa shape index (κ1) is 23.7. The highest BCUT2D eigenvalue weighted by Gasteiger charge is 2.19. The summed E-state index contributed by atoms with van der Waals surface area (Å²) in [6, 6.07) is 9.83. The molecule has 3 N–H and O–H groups in total. The molecular weight excluding hydrogens is 508 g/mol. The van der Waals surface area contributed by atoms with Gasteiger partial charge in [-0.25, -0.2) is 15.0 Å². The Hall–Kier alpha value is -4.44. The van der Waals surface area contributed by atoms with Gasteiger partial charge in [0.05, 0.1) is 23.1 Å². The smallest absolute Gasteiger partial charge is 0.224 e. The van der Waals surface area contributed by atoms with E-state index in [1.807, 2.05) is 29.6 Å². The molecule has 39 heavy (non-hydrogen) atoms. The van der Waals surface area contributed by atoms with Gasteiger partial charge >= 0.3 is 0 Å². The third-order valence-corrected chi connectivity index (χ3v) is 8.05. The van der Waals surface area contributed by atoms with Gasteiger partial charge in [0.15, 0.2) is 17.2 Å². The van der Waals surface area contributed by atoms with Gasteiger partial charge in [-0.15, -0.1) is 0 Å². The number of hydrogen-bond acceptors (Lipinski definition) is 7. The molecule has 1 fully saturated rings. The lowest BCUT2D eigenvalue weighted by atomic mass is 9.87. The maximum Gasteiger partial charge on any atom is 0.224 e. The zero-order chi connectivity index (χ0) is 26.2. The number of imidazole rings is 1. The van der Waals surface area contributed by atoms with Crippen molar-refractivity contribution in [3.63, 3.8) is 0 Å². The molecule has 0 aromatic carbocycles. The minimum atomic E-state index is 0.0432. The summed E-state index contributed by atoms with van der Waals surface area (Å²) in [7, 11) is 0. The molecule has 1 aliphatic carbocycles. The fourth-order valence-electron chi connectivity index (χ4n) is 5.41. The Kier molecular flexibility index (Phi) is 6.08. The minimum Gasteiger partial charge on any atom is -0.325 e. The Labute approximate surface area is 228 Å². The number of pyridine rings is 3. The van der Waals surface area contributed by atoms with E-state index < -0.39 is 0 Å². The first-order chi connectivity index (χ1) is 19.2. The van der Waals surface area contributed by atoms with Crippen molar-refractivity contribution in [3.8, 4) is 33.9 Å². The molecule has 1 aliphatic rings. The molecule has 6 heterocycles. The second-order valence-electron chi connectivity index (χ2n) is 10.0. The molecule has 6 aromatic heterocycles. The van der Waals surface area contributed by atoms with E-state index in [9.17, 15) is 4.79 Å². The van der Waals surface area contributed by atoms with Gasteiger partial charge in [0.1, 0.15) is 11.0 Å². The molecular formula is C29H26N8OS. The Morgan fingerprint density at radius 3 is 2.82 bits per heavy atom. The number of aromatic amines is 2. The fourth-order valence-corrected chi connectivity index (χ4v) is 6.07. The first-order valence-corrected chi connectivity index (χ1v) is 14.1. The molecule has 10 heteroatoms. The number of rotatable bonds is 6. The van der Waals surface area contributed by atoms with Crippen molar-refractivity contribution in [1.82, 2.24) is 35.1 Å². The van der Waals surface area contributed by atoms with E-state index in [0.717, 1.165) is 46.3 Å². The number of H-pyrrole nitrogens is 2. The third-order valence-electron chi connectivity index (χ3n) is 7.37. The topological polar surface area (TPSA) is 125 Å². The lowest BCUT2D eigenvalue weighted by Gasteiger charge is -2.20. The number of carbonyl (C=O) groups excluding carboxylic acids is 1. The molecule has 1 amide bonds. The van der Waals surface area contributed by atoms with Crippen molar-refractivity contribution in [2.24, 2.45) is 5.92 Å². The summed E-state index contributed by atoms with van der Waals surface area (Å²) in [5, 5.41) is 14.8. The average Bonchev–Trinajstić information content (AvgIpc) is 3.73. The predicted molar refractivity (Wildman–Crippen MR) is 153 cm³/mol. The van der Waals surface area contributed by atoms with Crippen molar-refractivity contribution >= 4 is 45.1 Å². The number of fused-ring (bicyclic) bond motifs is 2. The molecule has 6 aromatic rings. The highest BCUT2D eigenvalue weighted by atomic mass is 32.1. The van der Waals surface area contributed by atoms with Crippen LogP contribution in [0.5, 0.6) is 0 Å². The number of aromatic nitrogens is 7. The Bertz CT molecular complexity index is 1780. The summed E-state index contributed by atoms with van der Waals surface area (Å²) in [6.07, 6.45) is 11.8. The van der Waals surface area contributed by atoms with Gasteiger partial charge in [0.25, 0.3) is 0 Å². The van der Waals surface area contributed by atoms with Gasteiger partial charge in [0, 0.05) is 29.9 Å². The van der Waals surface area contributed by atoms with E-state index in [-0.39, 0.29) is 5.91 Å². The molecule has 0 radical (unpaired) electrons. The SMILES string of the molecule is O=C(CC1CCCCC1)Nc1cncc(-c2ccc3[nH]nc(-c4nc5c(-c6ccsc6)ccnc5[nH]4)c3n2)c1. The van der Waals surface area contributed by atoms with Crippen LogP contribution in [-0.4, -0.2) is 41.0 Å². The zero-order valence-corrected chi connectivity index (χ0v) is 22.0. The van der Waals surface area contributed by atoms with Crippen LogP contribution in [0.2, 0.25) is 0 Å². The molecule has 0 atom stereocenters. The Balaban J connectivity index is 1.19. The van der Waals surface area contributed by atoms with Crippen molar-refractivity contribution in [1.29, 1.82) is 0 Å². The number of carbonyl (C=O) groups is 1. The Morgan fingerprint density at radius 2 is 1.95 bits per heavy atom. The predicted octanol–water partition coefficient (Wildman–Crippen LogP) is 6.60. The number of hydrogen-bond donors (Lipinski definition) is 3. The van der Waals surface area contributed by atoms with Gasteiger partial charge < -0.3 is 10.3 Å². The lowest BCUT2D eigenvalue weighted by Crippen LogP contribution is -2.18. The number of nitrogens with zero attached hydrogens (tertiary/aromatic N) is 5. The standard InChI is InChI=1S/C29H26N8OS/c38-24(12-17-4-2-1-3-5-17)32-20-13-19(14-30-15-20)22-6-7-23-26(33-22)27(37-36-23)29-34-25-21(18-9-11-39-16-18)8-10-31-28(25)35-29/h6-11,13-17H,1-5,12H2,(H,32,38)(H,36,37)(H,31,34,35). The summed E-state index contributed by atoms with van der Waals surface area (Å²) in [5.74, 6) is 1.12. The Morgan fingerprint density at radius 1 is 1.03 bits per heavy atom. The summed E-state index contributed by atoms with van der Waals surface area (Å²) in [6.45, 7) is 0. The zero-order valence-electron chi connectivity index (χ0n) is 21.1. The molecule has 0 bridgehead atoms. The third kappa shape index (κ3) is 4.67. The molecule has 7 rings (SSSR count). The summed E-state index contributed by atoms with van der Waals surface area (Å²) >= 11 is 1.65. The second-order valence-corrected chi connectivity index (χ2v) is 10.8. The number of anilines is 1. The van der Waals surface area contributed by atoms with Crippen LogP contribution < -0.4 is 5.32 Å². The van der Waals surface area contributed by atoms with Gasteiger partial charge in [-0.05, 0) is 65.4 Å². The minimum absolute atomic E-state index is 0.0432. The highest BCUT2D eigenvalue weighted by molar-refractivity contribution is 7.08. The van der Waals surface area contributed by atoms with Crippen molar-refractivity contribution in [2.45, 2.75) is 38.5 Å². The number of nitrogens with one attached hydrogen (secondary N) is 3. The van der Waals surface area contributed by atoms with Crippen LogP contribution in [0.1, 0.15) is 38.5 Å². The van der Waals surface area contributed by atoms with Crippen LogP contribution in [0.25, 0.3) is 56.1 Å². The van der Waals surface area contributed by atoms with Gasteiger partial charge in [-0.1, -0.05) is 19.3 Å². The molecule has 0 unspecified atom stereocenters. The van der Waals surface area contributed by atoms with Crippen LogP contribution >= 0.6 is 11.3 Å². The van der Waals surface area contributed by atoms with Crippen LogP contribution in [0.3, 0.4) is 0 Å². The molecule has 0 saturated heterocycles. The highest BCUT2D eigenvalue weighted by Crippen LogP contribution is 2.32. The summed E-state index contributed by atoms with van der Waals surface area (Å²) in [4.78, 5) is 34.6. The monoisotopic (exact) mass is 534 g/mol. The largest absolute Gasteiger partial charge is 0.325 e. The normalized spacial score (nSPS) is 14.3. The van der Waals surface area contributed by atoms with Crippen molar-refractivity contribution < 1.29 is 4.79 Å². The first-order valence-electron chi connectivity index (χ1n) is 13.2. The molecule has 0 aliphatic heterocycles. The fraction of sp³-hybridized carbons (Fsp3) is 0.241. The van der Waals surface area contributed by atoms with Crippen LogP contribution in [0.15, 0.2) is 59.7 Å². The molecule has 1 saturated carbocycles. The van der Waals surface area contributed by atoms with Crippen LogP contribution in [0, 0.1) is 5.92 Å². The number of thiophene rings is 1. The van der Waals surface area contributed by atoms with E-state index in [4.69, 9.17) is 9.97 Å². The van der Waals surface area contributed by atoms with Crippen molar-refractivity contribution in [2.75, 3.05) is 5.32 Å². The summed E-state index contributed by atoms with van der Waals surface area (Å²) in [5.41, 5.74) is 7.93. The number of amides is 1. The van der Waals surface area contributed by atoms with Crippen LogP contribution in [-0.2, 0) is 4.79 Å². The van der Waals surface area contributed by atoms with Gasteiger partial charge in [0.2, 0.25) is 5.91 Å². The maximum absolute atomic E-state index is 12.7. The summed E-state index contributed by atoms with van der Waals surface area (Å²) < 4.78 is 0. The van der Waals surface area contributed by atoms with E-state index >= 15 is 0 Å². The van der Waals surface area contributed by atoms with Crippen molar-refractivity contribution in [3.05, 3.63) is 59.7 Å². The van der Waals surface area contributed by atoms with Crippen LogP contribution in [0.4, 0.5) is 5.69 Å². The molecule has 0 spiro atoms. The maximum atomic E-state index is 12.7. The van der Waals surface area contributed by atoms with E-state index in [1.165, 1.54) is 19.3 Å². The second kappa shape index (κ2) is 10.0. The average molecular weight is 535 g/mol. The van der Waals surface area contributed by atoms with E-state index in [1.54, 1.807) is 29.9 Å². The lowest BCUT2D eigenvalue weighted by molar-refractivity contribution is -0.117. The van der Waals surface area contributed by atoms with Gasteiger partial charge in [-0.2, -0.15) is 16.4 Å².